The van der Waals surface area contributed by atoms with Crippen molar-refractivity contribution in [1.82, 2.24) is 4.98 Å². The molecule has 0 saturated carbocycles. The van der Waals surface area contributed by atoms with Gasteiger partial charge < -0.3 is 5.11 Å². The Balaban J connectivity index is 2.42. The lowest BCUT2D eigenvalue weighted by Crippen LogP contribution is -2.06. The minimum Gasteiger partial charge on any atom is -0.481 e. The molecule has 16 heavy (non-hydrogen) atoms. The van der Waals surface area contributed by atoms with Crippen molar-refractivity contribution in [3.63, 3.8) is 0 Å². The molecule has 0 aliphatic heterocycles. The van der Waals surface area contributed by atoms with Crippen molar-refractivity contribution in [3.8, 4) is 0 Å². The molecule has 0 aromatic carbocycles. The van der Waals surface area contributed by atoms with Gasteiger partial charge in [-0.2, -0.15) is 0 Å². The third-order valence-corrected chi connectivity index (χ3v) is 2.60. The summed E-state index contributed by atoms with van der Waals surface area (Å²) in [5.41, 5.74) is 0.797. The van der Waals surface area contributed by atoms with Gasteiger partial charge in [0.15, 0.2) is 5.13 Å². The molecule has 1 aromatic rings. The molecule has 0 atom stereocenters. The zero-order valence-corrected chi connectivity index (χ0v) is 9.42. The summed E-state index contributed by atoms with van der Waals surface area (Å²) in [6.07, 6.45) is 2.46. The van der Waals surface area contributed by atoms with Gasteiger partial charge in [0.25, 0.3) is 0 Å². The zero-order chi connectivity index (χ0) is 12.0. The third-order valence-electron chi connectivity index (χ3n) is 1.79. The quantitative estimate of drug-likeness (QED) is 0.741. The van der Waals surface area contributed by atoms with E-state index in [0.29, 0.717) is 18.0 Å². The summed E-state index contributed by atoms with van der Waals surface area (Å²) in [5, 5.41) is 13.3. The minimum absolute atomic E-state index is 0.131. The van der Waals surface area contributed by atoms with Crippen molar-refractivity contribution >= 4 is 28.3 Å². The van der Waals surface area contributed by atoms with Crippen molar-refractivity contribution in [2.24, 2.45) is 0 Å². The highest BCUT2D eigenvalue weighted by Gasteiger charge is 2.04. The molecule has 2 N–H and O–H groups in total. The summed E-state index contributed by atoms with van der Waals surface area (Å²) in [4.78, 5) is 25.4. The number of hydrogen-bond donors (Lipinski definition) is 2. The molecule has 0 saturated heterocycles. The van der Waals surface area contributed by atoms with E-state index in [0.717, 1.165) is 5.69 Å². The average Bonchev–Trinajstić information content (AvgIpc) is 2.65. The summed E-state index contributed by atoms with van der Waals surface area (Å²) in [5.74, 6) is -1.11. The Morgan fingerprint density at radius 2 is 2.38 bits per heavy atom. The van der Waals surface area contributed by atoms with Gasteiger partial charge in [0.1, 0.15) is 0 Å². The number of aliphatic carboxylic acids is 1. The second kappa shape index (κ2) is 6.02. The fourth-order valence-electron chi connectivity index (χ4n) is 1.06. The van der Waals surface area contributed by atoms with E-state index in [1.54, 1.807) is 5.38 Å². The Kier molecular flexibility index (Phi) is 4.65. The van der Waals surface area contributed by atoms with Crippen molar-refractivity contribution in [1.29, 1.82) is 0 Å². The van der Waals surface area contributed by atoms with Crippen LogP contribution < -0.4 is 5.32 Å². The van der Waals surface area contributed by atoms with Crippen LogP contribution in [0.1, 0.15) is 18.5 Å². The van der Waals surface area contributed by atoms with Gasteiger partial charge in [0.2, 0.25) is 5.91 Å². The van der Waals surface area contributed by atoms with Gasteiger partial charge in [0.05, 0.1) is 5.69 Å². The van der Waals surface area contributed by atoms with E-state index in [9.17, 15) is 9.59 Å². The van der Waals surface area contributed by atoms with Crippen molar-refractivity contribution in [2.75, 3.05) is 5.32 Å². The topological polar surface area (TPSA) is 79.3 Å². The Labute approximate surface area is 96.8 Å². The highest BCUT2D eigenvalue weighted by atomic mass is 32.1. The fraction of sp³-hybridized carbons (Fsp3) is 0.300. The Morgan fingerprint density at radius 1 is 1.62 bits per heavy atom. The van der Waals surface area contributed by atoms with Crippen molar-refractivity contribution in [2.45, 2.75) is 19.3 Å². The maximum absolute atomic E-state index is 11.0. The lowest BCUT2D eigenvalue weighted by molar-refractivity contribution is -0.137. The predicted octanol–water partition coefficient (Wildman–Crippen LogP) is 1.67. The summed E-state index contributed by atoms with van der Waals surface area (Å²) in [6, 6.07) is 0. The number of anilines is 1. The first kappa shape index (κ1) is 12.4. The standard InChI is InChI=1S/C10H12N2O3S/c1-2-8(13)12-10-11-7(6-16-10)4-3-5-9(14)15/h2,6H,1,3-5H2,(H,14,15)(H,11,12,13). The van der Waals surface area contributed by atoms with Gasteiger partial charge in [-0.05, 0) is 18.9 Å². The average molecular weight is 240 g/mol. The number of aryl methyl sites for hydroxylation is 1. The lowest BCUT2D eigenvalue weighted by Gasteiger charge is -1.95. The van der Waals surface area contributed by atoms with Crippen molar-refractivity contribution in [3.05, 3.63) is 23.7 Å². The molecule has 86 valence electrons. The van der Waals surface area contributed by atoms with Gasteiger partial charge in [-0.25, -0.2) is 4.98 Å². The summed E-state index contributed by atoms with van der Waals surface area (Å²) < 4.78 is 0. The van der Waals surface area contributed by atoms with E-state index in [2.05, 4.69) is 16.9 Å². The number of carbonyl (C=O) groups is 2. The Bertz CT molecular complexity index is 401. The highest BCUT2D eigenvalue weighted by Crippen LogP contribution is 2.16. The smallest absolute Gasteiger partial charge is 0.303 e. The molecule has 0 spiro atoms. The highest BCUT2D eigenvalue weighted by molar-refractivity contribution is 7.13. The first-order chi connectivity index (χ1) is 7.61. The first-order valence-corrected chi connectivity index (χ1v) is 5.59. The summed E-state index contributed by atoms with van der Waals surface area (Å²) >= 11 is 1.31. The number of carbonyl (C=O) groups excluding carboxylic acids is 1. The van der Waals surface area contributed by atoms with E-state index < -0.39 is 5.97 Å². The van der Waals surface area contributed by atoms with E-state index in [-0.39, 0.29) is 12.3 Å². The van der Waals surface area contributed by atoms with Crippen LogP contribution in [0.15, 0.2) is 18.0 Å². The van der Waals surface area contributed by atoms with Crippen LogP contribution in [-0.2, 0) is 16.0 Å². The third kappa shape index (κ3) is 4.22. The van der Waals surface area contributed by atoms with Gasteiger partial charge in [-0.15, -0.1) is 11.3 Å². The molecule has 0 fully saturated rings. The van der Waals surface area contributed by atoms with Crippen LogP contribution in [0.5, 0.6) is 0 Å². The SMILES string of the molecule is C=CC(=O)Nc1nc(CCCC(=O)O)cs1. The maximum atomic E-state index is 11.0. The van der Waals surface area contributed by atoms with Gasteiger partial charge in [0, 0.05) is 11.8 Å². The Hall–Kier alpha value is -1.69. The number of aromatic nitrogens is 1. The Morgan fingerprint density at radius 3 is 3.00 bits per heavy atom. The molecular weight excluding hydrogens is 228 g/mol. The molecule has 1 heterocycles. The van der Waals surface area contributed by atoms with Crippen LogP contribution in [0.3, 0.4) is 0 Å². The predicted molar refractivity (Wildman–Crippen MR) is 61.5 cm³/mol. The van der Waals surface area contributed by atoms with Crippen LogP contribution in [0.4, 0.5) is 5.13 Å². The van der Waals surface area contributed by atoms with E-state index in [4.69, 9.17) is 5.11 Å². The van der Waals surface area contributed by atoms with Crippen LogP contribution in [-0.4, -0.2) is 22.0 Å². The largest absolute Gasteiger partial charge is 0.481 e. The second-order valence-corrected chi connectivity index (χ2v) is 3.94. The molecule has 0 aliphatic carbocycles. The van der Waals surface area contributed by atoms with E-state index in [1.807, 2.05) is 0 Å². The molecule has 5 nitrogen and oxygen atoms in total. The first-order valence-electron chi connectivity index (χ1n) is 4.71. The van der Waals surface area contributed by atoms with E-state index in [1.165, 1.54) is 17.4 Å². The summed E-state index contributed by atoms with van der Waals surface area (Å²) in [6.45, 7) is 3.33. The minimum atomic E-state index is -0.810. The lowest BCUT2D eigenvalue weighted by atomic mass is 10.2. The van der Waals surface area contributed by atoms with Crippen LogP contribution >= 0.6 is 11.3 Å². The molecule has 1 rings (SSSR count). The van der Waals surface area contributed by atoms with Gasteiger partial charge >= 0.3 is 5.97 Å². The number of hydrogen-bond acceptors (Lipinski definition) is 4. The molecule has 0 radical (unpaired) electrons. The molecule has 0 unspecified atom stereocenters. The molecular formula is C10H12N2O3S. The van der Waals surface area contributed by atoms with Crippen LogP contribution in [0, 0.1) is 0 Å². The molecule has 0 bridgehead atoms. The van der Waals surface area contributed by atoms with Gasteiger partial charge in [-0.1, -0.05) is 6.58 Å². The molecule has 6 heteroatoms. The normalized spacial score (nSPS) is 9.75. The number of nitrogens with zero attached hydrogens (tertiary/aromatic N) is 1. The molecule has 1 amide bonds. The number of amides is 1. The zero-order valence-electron chi connectivity index (χ0n) is 8.60. The fourth-order valence-corrected chi connectivity index (χ4v) is 1.80. The maximum Gasteiger partial charge on any atom is 0.303 e. The van der Waals surface area contributed by atoms with Gasteiger partial charge in [-0.3, -0.25) is 14.9 Å². The number of rotatable bonds is 6. The monoisotopic (exact) mass is 240 g/mol. The van der Waals surface area contributed by atoms with E-state index >= 15 is 0 Å². The molecule has 0 aliphatic rings. The molecule has 1 aromatic heterocycles. The number of nitrogens with one attached hydrogen (secondary N) is 1. The van der Waals surface area contributed by atoms with Crippen LogP contribution in [0.2, 0.25) is 0 Å². The van der Waals surface area contributed by atoms with Crippen LogP contribution in [0.25, 0.3) is 0 Å². The number of thiazole rings is 1. The summed E-state index contributed by atoms with van der Waals surface area (Å²) in [7, 11) is 0. The van der Waals surface area contributed by atoms with Crippen molar-refractivity contribution < 1.29 is 14.7 Å². The number of carboxylic acids is 1. The second-order valence-electron chi connectivity index (χ2n) is 3.08. The number of carboxylic acid groups (broad SMARTS) is 1.